The van der Waals surface area contributed by atoms with Gasteiger partial charge in [0.15, 0.2) is 12.3 Å². The zero-order valence-corrected chi connectivity index (χ0v) is 8.51. The summed E-state index contributed by atoms with van der Waals surface area (Å²) in [4.78, 5) is 0. The van der Waals surface area contributed by atoms with Crippen LogP contribution in [-0.4, -0.2) is 6.61 Å². The molecule has 3 rings (SSSR count). The summed E-state index contributed by atoms with van der Waals surface area (Å²) >= 11 is 1.75. The normalized spacial score (nSPS) is 15.3. The Kier molecular flexibility index (Phi) is 1.61. The van der Waals surface area contributed by atoms with Crippen LogP contribution in [0.1, 0.15) is 5.01 Å². The molecule has 70 valence electrons. The van der Waals surface area contributed by atoms with Crippen LogP contribution >= 0.6 is 11.3 Å². The molecule has 0 amide bonds. The minimum Gasteiger partial charge on any atom is -0.480 e. The number of nitrogens with zero attached hydrogens (tertiary/aromatic N) is 1. The maximum atomic E-state index is 5.43. The second kappa shape index (κ2) is 2.82. The maximum Gasteiger partial charge on any atom is 0.304 e. The lowest BCUT2D eigenvalue weighted by atomic mass is 10.3. The molecule has 0 N–H and O–H groups in total. The van der Waals surface area contributed by atoms with Crippen LogP contribution in [0.4, 0.5) is 0 Å². The van der Waals surface area contributed by atoms with Crippen molar-refractivity contribution >= 4 is 27.3 Å². The van der Waals surface area contributed by atoms with E-state index in [0.717, 1.165) is 23.9 Å². The van der Waals surface area contributed by atoms with Gasteiger partial charge in [0, 0.05) is 6.07 Å². The van der Waals surface area contributed by atoms with Crippen molar-refractivity contribution in [3.05, 3.63) is 35.9 Å². The van der Waals surface area contributed by atoms with Gasteiger partial charge in [-0.2, -0.15) is 4.57 Å². The quantitative estimate of drug-likeness (QED) is 0.599. The molecule has 0 fully saturated rings. The van der Waals surface area contributed by atoms with E-state index in [4.69, 9.17) is 4.74 Å². The third kappa shape index (κ3) is 0.990. The number of hydrogen-bond acceptors (Lipinski definition) is 2. The van der Waals surface area contributed by atoms with E-state index >= 15 is 0 Å². The Morgan fingerprint density at radius 2 is 2.21 bits per heavy atom. The molecule has 0 saturated carbocycles. The monoisotopic (exact) mass is 204 g/mol. The highest BCUT2D eigenvalue weighted by atomic mass is 32.1. The fourth-order valence-electron chi connectivity index (χ4n) is 1.79. The van der Waals surface area contributed by atoms with Crippen LogP contribution in [0.3, 0.4) is 0 Å². The first kappa shape index (κ1) is 8.00. The molecule has 0 bridgehead atoms. The number of para-hydroxylation sites is 1. The summed E-state index contributed by atoms with van der Waals surface area (Å²) in [5, 5.41) is 1.15. The summed E-state index contributed by atoms with van der Waals surface area (Å²) in [6.07, 6.45) is 0. The Balaban J connectivity index is 2.38. The summed E-state index contributed by atoms with van der Waals surface area (Å²) in [6.45, 7) is 5.58. The predicted octanol–water partition coefficient (Wildman–Crippen LogP) is 2.19. The van der Waals surface area contributed by atoms with Gasteiger partial charge in [0.2, 0.25) is 5.52 Å². The minimum absolute atomic E-state index is 0.733. The summed E-state index contributed by atoms with van der Waals surface area (Å²) in [7, 11) is 0. The molecule has 2 aromatic rings. The van der Waals surface area contributed by atoms with Crippen molar-refractivity contribution in [2.24, 2.45) is 0 Å². The van der Waals surface area contributed by atoms with Gasteiger partial charge in [-0.3, -0.25) is 0 Å². The van der Waals surface area contributed by atoms with Crippen LogP contribution in [-0.2, 0) is 11.3 Å². The summed E-state index contributed by atoms with van der Waals surface area (Å²) in [6, 6.07) is 8.42. The van der Waals surface area contributed by atoms with E-state index in [9.17, 15) is 0 Å². The molecule has 0 unspecified atom stereocenters. The Morgan fingerprint density at radius 1 is 1.36 bits per heavy atom. The van der Waals surface area contributed by atoms with E-state index in [1.54, 1.807) is 11.3 Å². The number of benzene rings is 1. The Hall–Kier alpha value is -1.35. The molecular formula is C11H10NOS+. The average molecular weight is 204 g/mol. The molecule has 0 spiro atoms. The average Bonchev–Trinajstić information content (AvgIpc) is 2.59. The van der Waals surface area contributed by atoms with Crippen molar-refractivity contribution in [2.45, 2.75) is 6.54 Å². The van der Waals surface area contributed by atoms with Crippen LogP contribution in [0.25, 0.3) is 16.0 Å². The number of rotatable bonds is 0. The number of ether oxygens (including phenoxy) is 1. The number of aromatic nitrogens is 1. The topological polar surface area (TPSA) is 13.1 Å². The zero-order chi connectivity index (χ0) is 9.54. The molecule has 2 heterocycles. The summed E-state index contributed by atoms with van der Waals surface area (Å²) in [5.74, 6) is 0.803. The van der Waals surface area contributed by atoms with Gasteiger partial charge >= 0.3 is 5.01 Å². The third-order valence-electron chi connectivity index (χ3n) is 2.44. The lowest BCUT2D eigenvalue weighted by Crippen LogP contribution is -2.41. The van der Waals surface area contributed by atoms with Gasteiger partial charge < -0.3 is 4.74 Å². The first-order valence-electron chi connectivity index (χ1n) is 4.60. The second-order valence-electron chi connectivity index (χ2n) is 3.30. The van der Waals surface area contributed by atoms with Gasteiger partial charge in [0.25, 0.3) is 0 Å². The lowest BCUT2D eigenvalue weighted by Gasteiger charge is -2.09. The summed E-state index contributed by atoms with van der Waals surface area (Å²) in [5.41, 5.74) is 1.29. The largest absolute Gasteiger partial charge is 0.480 e. The Morgan fingerprint density at radius 3 is 3.14 bits per heavy atom. The van der Waals surface area contributed by atoms with Crippen molar-refractivity contribution in [1.29, 1.82) is 0 Å². The second-order valence-corrected chi connectivity index (χ2v) is 4.33. The minimum atomic E-state index is 0.733. The molecule has 0 aliphatic carbocycles. The molecule has 0 radical (unpaired) electrons. The van der Waals surface area contributed by atoms with E-state index in [1.165, 1.54) is 10.2 Å². The molecule has 0 atom stereocenters. The van der Waals surface area contributed by atoms with Gasteiger partial charge in [-0.25, -0.2) is 0 Å². The van der Waals surface area contributed by atoms with Crippen molar-refractivity contribution in [2.75, 3.05) is 6.61 Å². The number of hydrogen-bond donors (Lipinski definition) is 0. The Labute approximate surface area is 86.1 Å². The van der Waals surface area contributed by atoms with Crippen LogP contribution < -0.4 is 4.57 Å². The highest BCUT2D eigenvalue weighted by Crippen LogP contribution is 2.26. The van der Waals surface area contributed by atoms with E-state index in [2.05, 4.69) is 35.4 Å². The molecule has 2 nitrogen and oxygen atoms in total. The van der Waals surface area contributed by atoms with E-state index in [0.29, 0.717) is 0 Å². The third-order valence-corrected chi connectivity index (χ3v) is 3.64. The van der Waals surface area contributed by atoms with Crippen LogP contribution in [0.5, 0.6) is 0 Å². The van der Waals surface area contributed by atoms with E-state index in [-0.39, 0.29) is 0 Å². The standard InChI is InChI=1S/C11H10NOS/c1-8-11-12(6-7-13-8)9-4-2-3-5-10(9)14-11/h2-5H,1,6-7H2/q+1. The van der Waals surface area contributed by atoms with Gasteiger partial charge in [-0.1, -0.05) is 23.5 Å². The summed E-state index contributed by atoms with van der Waals surface area (Å²) < 4.78 is 9.01. The van der Waals surface area contributed by atoms with Crippen molar-refractivity contribution < 1.29 is 9.30 Å². The molecule has 14 heavy (non-hydrogen) atoms. The molecule has 1 aromatic heterocycles. The number of fused-ring (bicyclic) bond motifs is 3. The SMILES string of the molecule is C=C1OCC[n+]2c1sc1ccccc12. The molecule has 3 heteroatoms. The number of thiazole rings is 1. The maximum absolute atomic E-state index is 5.43. The fraction of sp³-hybridized carbons (Fsp3) is 0.182. The van der Waals surface area contributed by atoms with Gasteiger partial charge in [-0.15, -0.1) is 0 Å². The molecule has 1 aromatic carbocycles. The highest BCUT2D eigenvalue weighted by Gasteiger charge is 2.27. The van der Waals surface area contributed by atoms with Crippen LogP contribution in [0.15, 0.2) is 30.8 Å². The van der Waals surface area contributed by atoms with Crippen LogP contribution in [0, 0.1) is 0 Å². The fourth-order valence-corrected chi connectivity index (χ4v) is 2.90. The predicted molar refractivity (Wildman–Crippen MR) is 57.0 cm³/mol. The lowest BCUT2D eigenvalue weighted by molar-refractivity contribution is -0.676. The van der Waals surface area contributed by atoms with E-state index in [1.807, 2.05) is 0 Å². The van der Waals surface area contributed by atoms with Gasteiger partial charge in [0.05, 0.1) is 0 Å². The molecule has 0 saturated heterocycles. The van der Waals surface area contributed by atoms with Crippen molar-refractivity contribution in [3.8, 4) is 0 Å². The Bertz CT molecular complexity index is 515. The van der Waals surface area contributed by atoms with Gasteiger partial charge in [-0.05, 0) is 12.6 Å². The first-order valence-corrected chi connectivity index (χ1v) is 5.41. The highest BCUT2D eigenvalue weighted by molar-refractivity contribution is 7.19. The molecule has 1 aliphatic rings. The smallest absolute Gasteiger partial charge is 0.304 e. The van der Waals surface area contributed by atoms with Crippen molar-refractivity contribution in [1.82, 2.24) is 0 Å². The molecule has 1 aliphatic heterocycles. The van der Waals surface area contributed by atoms with Crippen LogP contribution in [0.2, 0.25) is 0 Å². The first-order chi connectivity index (χ1) is 6.86. The molecular weight excluding hydrogens is 194 g/mol. The zero-order valence-electron chi connectivity index (χ0n) is 7.69. The van der Waals surface area contributed by atoms with Gasteiger partial charge in [0.1, 0.15) is 11.3 Å². The van der Waals surface area contributed by atoms with E-state index < -0.39 is 0 Å². The van der Waals surface area contributed by atoms with Crippen molar-refractivity contribution in [3.63, 3.8) is 0 Å².